The molecule has 0 heterocycles. The van der Waals surface area contributed by atoms with Gasteiger partial charge >= 0.3 is 6.09 Å². The highest BCUT2D eigenvalue weighted by Crippen LogP contribution is 2.33. The van der Waals surface area contributed by atoms with Crippen molar-refractivity contribution in [3.8, 4) is 0 Å². The lowest BCUT2D eigenvalue weighted by atomic mass is 9.94. The van der Waals surface area contributed by atoms with Crippen LogP contribution in [0.3, 0.4) is 0 Å². The fourth-order valence-corrected chi connectivity index (χ4v) is 2.70. The third kappa shape index (κ3) is 5.92. The molecule has 0 spiro atoms. The maximum absolute atomic E-state index is 13.7. The molecule has 0 radical (unpaired) electrons. The second kappa shape index (κ2) is 8.35. The summed E-state index contributed by atoms with van der Waals surface area (Å²) in [7, 11) is 0. The third-order valence-electron chi connectivity index (χ3n) is 3.63. The summed E-state index contributed by atoms with van der Waals surface area (Å²) in [4.78, 5) is 23.6. The summed E-state index contributed by atoms with van der Waals surface area (Å²) in [5.41, 5.74) is -0.228. The molecule has 0 bridgehead atoms. The smallest absolute Gasteiger partial charge is 0.408 e. The summed E-state index contributed by atoms with van der Waals surface area (Å²) >= 11 is 5.86. The van der Waals surface area contributed by atoms with Crippen LogP contribution < -0.4 is 5.32 Å². The Labute approximate surface area is 161 Å². The molecule has 144 valence electrons. The van der Waals surface area contributed by atoms with Gasteiger partial charge in [-0.1, -0.05) is 35.9 Å². The van der Waals surface area contributed by atoms with Crippen molar-refractivity contribution >= 4 is 17.7 Å². The summed E-state index contributed by atoms with van der Waals surface area (Å²) in [6.45, 7) is 5.02. The van der Waals surface area contributed by atoms with Crippen LogP contribution in [0.1, 0.15) is 44.0 Å². The quantitative estimate of drug-likeness (QED) is 0.567. The first-order valence-corrected chi connectivity index (χ1v) is 8.58. The van der Waals surface area contributed by atoms with Gasteiger partial charge in [-0.05, 0) is 50.6 Å². The summed E-state index contributed by atoms with van der Waals surface area (Å²) in [5, 5.41) is 14.8. The van der Waals surface area contributed by atoms with E-state index in [0.717, 1.165) is 6.07 Å². The van der Waals surface area contributed by atoms with Crippen molar-refractivity contribution in [2.75, 3.05) is 0 Å². The third-order valence-corrected chi connectivity index (χ3v) is 3.89. The zero-order valence-corrected chi connectivity index (χ0v) is 15.9. The van der Waals surface area contributed by atoms with Crippen LogP contribution in [0.25, 0.3) is 0 Å². The van der Waals surface area contributed by atoms with Crippen LogP contribution in [0.2, 0.25) is 5.02 Å². The molecule has 0 aliphatic heterocycles. The van der Waals surface area contributed by atoms with Crippen molar-refractivity contribution in [1.82, 2.24) is 5.32 Å². The SMILES string of the molecule is CC(C)(C)OC(=O)N[C@H](c1cccc(F)c1)[C@H](c1ccc(Cl)cc1)[N+](=O)[O-]. The minimum atomic E-state index is -1.36. The number of halogens is 2. The van der Waals surface area contributed by atoms with Gasteiger partial charge in [0.25, 0.3) is 6.04 Å². The lowest BCUT2D eigenvalue weighted by molar-refractivity contribution is -0.534. The second-order valence-corrected chi connectivity index (χ2v) is 7.40. The Kier molecular flexibility index (Phi) is 6.38. The zero-order chi connectivity index (χ0) is 20.2. The van der Waals surface area contributed by atoms with E-state index in [1.54, 1.807) is 20.8 Å². The van der Waals surface area contributed by atoms with Gasteiger partial charge in [-0.15, -0.1) is 0 Å². The molecule has 0 aromatic heterocycles. The van der Waals surface area contributed by atoms with E-state index in [1.807, 2.05) is 0 Å². The summed E-state index contributed by atoms with van der Waals surface area (Å²) in [6.07, 6.45) is -0.836. The molecule has 0 unspecified atom stereocenters. The molecule has 27 heavy (non-hydrogen) atoms. The fourth-order valence-electron chi connectivity index (χ4n) is 2.57. The number of nitrogens with one attached hydrogen (secondary N) is 1. The first-order valence-electron chi connectivity index (χ1n) is 8.21. The molecule has 0 aliphatic carbocycles. The lowest BCUT2D eigenvalue weighted by Gasteiger charge is -2.26. The van der Waals surface area contributed by atoms with E-state index in [-0.39, 0.29) is 5.56 Å². The number of benzene rings is 2. The number of carbonyl (C=O) groups is 1. The highest BCUT2D eigenvalue weighted by molar-refractivity contribution is 6.30. The Morgan fingerprint density at radius 1 is 1.19 bits per heavy atom. The van der Waals surface area contributed by atoms with Gasteiger partial charge in [0.1, 0.15) is 17.5 Å². The molecule has 1 amide bonds. The van der Waals surface area contributed by atoms with E-state index in [0.29, 0.717) is 10.6 Å². The predicted molar refractivity (Wildman–Crippen MR) is 99.7 cm³/mol. The molecule has 0 saturated carbocycles. The van der Waals surface area contributed by atoms with E-state index >= 15 is 0 Å². The molecule has 0 saturated heterocycles. The van der Waals surface area contributed by atoms with Crippen LogP contribution >= 0.6 is 11.6 Å². The number of carbonyl (C=O) groups excluding carboxylic acids is 1. The van der Waals surface area contributed by atoms with Gasteiger partial charge < -0.3 is 10.1 Å². The highest BCUT2D eigenvalue weighted by Gasteiger charge is 2.37. The van der Waals surface area contributed by atoms with Crippen molar-refractivity contribution in [3.63, 3.8) is 0 Å². The Morgan fingerprint density at radius 2 is 1.81 bits per heavy atom. The molecule has 2 atom stereocenters. The van der Waals surface area contributed by atoms with Crippen LogP contribution in [0.4, 0.5) is 9.18 Å². The number of ether oxygens (including phenoxy) is 1. The van der Waals surface area contributed by atoms with Crippen LogP contribution in [-0.2, 0) is 4.74 Å². The van der Waals surface area contributed by atoms with Crippen LogP contribution in [-0.4, -0.2) is 16.6 Å². The van der Waals surface area contributed by atoms with E-state index < -0.39 is 34.5 Å². The number of amides is 1. The Morgan fingerprint density at radius 3 is 2.33 bits per heavy atom. The van der Waals surface area contributed by atoms with E-state index in [4.69, 9.17) is 16.3 Å². The maximum Gasteiger partial charge on any atom is 0.408 e. The van der Waals surface area contributed by atoms with Gasteiger partial charge in [-0.3, -0.25) is 10.1 Å². The number of rotatable bonds is 5. The average molecular weight is 395 g/mol. The van der Waals surface area contributed by atoms with Crippen LogP contribution in [0.5, 0.6) is 0 Å². The molecule has 2 aromatic rings. The molecule has 0 fully saturated rings. The summed E-state index contributed by atoms with van der Waals surface area (Å²) in [5.74, 6) is -0.568. The van der Waals surface area contributed by atoms with Crippen LogP contribution in [0.15, 0.2) is 48.5 Å². The second-order valence-electron chi connectivity index (χ2n) is 6.96. The average Bonchev–Trinajstić information content (AvgIpc) is 2.54. The molecule has 2 aromatic carbocycles. The van der Waals surface area contributed by atoms with E-state index in [9.17, 15) is 19.3 Å². The van der Waals surface area contributed by atoms with E-state index in [2.05, 4.69) is 5.32 Å². The Balaban J connectivity index is 2.46. The minimum Gasteiger partial charge on any atom is -0.444 e. The van der Waals surface area contributed by atoms with Gasteiger partial charge in [0.05, 0.1) is 0 Å². The largest absolute Gasteiger partial charge is 0.444 e. The first kappa shape index (κ1) is 20.6. The molecular weight excluding hydrogens is 375 g/mol. The van der Waals surface area contributed by atoms with Gasteiger partial charge in [0.15, 0.2) is 0 Å². The Bertz CT molecular complexity index is 821. The number of nitrogens with zero attached hydrogens (tertiary/aromatic N) is 1. The number of alkyl carbamates (subject to hydrolysis) is 1. The summed E-state index contributed by atoms with van der Waals surface area (Å²) in [6, 6.07) is 8.82. The molecule has 0 aliphatic rings. The topological polar surface area (TPSA) is 81.5 Å². The monoisotopic (exact) mass is 394 g/mol. The predicted octanol–water partition coefficient (Wildman–Crippen LogP) is 5.06. The van der Waals surface area contributed by atoms with Gasteiger partial charge in [-0.25, -0.2) is 9.18 Å². The maximum atomic E-state index is 13.7. The zero-order valence-electron chi connectivity index (χ0n) is 15.1. The normalized spacial score (nSPS) is 13.5. The number of nitro groups is 1. The highest BCUT2D eigenvalue weighted by atomic mass is 35.5. The first-order chi connectivity index (χ1) is 12.6. The van der Waals surface area contributed by atoms with Crippen LogP contribution in [0, 0.1) is 15.9 Å². The van der Waals surface area contributed by atoms with Crippen molar-refractivity contribution in [1.29, 1.82) is 0 Å². The molecular formula is C19H20ClFN2O4. The van der Waals surface area contributed by atoms with Gasteiger partial charge in [-0.2, -0.15) is 0 Å². The number of hydrogen-bond donors (Lipinski definition) is 1. The van der Waals surface area contributed by atoms with Gasteiger partial charge in [0.2, 0.25) is 0 Å². The fraction of sp³-hybridized carbons (Fsp3) is 0.316. The molecule has 6 nitrogen and oxygen atoms in total. The standard InChI is InChI=1S/C19H20ClFN2O4/c1-19(2,3)27-18(24)22-16(13-5-4-6-15(21)11-13)17(23(25)26)12-7-9-14(20)10-8-12/h4-11,16-17H,1-3H3,(H,22,24)/t16-,17+/m1/s1. The van der Waals surface area contributed by atoms with E-state index in [1.165, 1.54) is 42.5 Å². The molecule has 2 rings (SSSR count). The van der Waals surface area contributed by atoms with Crippen molar-refractivity contribution in [3.05, 3.63) is 80.6 Å². The lowest BCUT2D eigenvalue weighted by Crippen LogP contribution is -2.39. The van der Waals surface area contributed by atoms with Gasteiger partial charge in [0, 0.05) is 15.5 Å². The molecule has 8 heteroatoms. The van der Waals surface area contributed by atoms with Crippen molar-refractivity contribution in [2.45, 2.75) is 38.5 Å². The van der Waals surface area contributed by atoms with Crippen molar-refractivity contribution in [2.24, 2.45) is 0 Å². The Hall–Kier alpha value is -2.67. The van der Waals surface area contributed by atoms with Crippen molar-refractivity contribution < 1.29 is 18.8 Å². The summed E-state index contributed by atoms with van der Waals surface area (Å²) < 4.78 is 18.9. The minimum absolute atomic E-state index is 0.248. The number of hydrogen-bond acceptors (Lipinski definition) is 4. The molecule has 1 N–H and O–H groups in total.